The lowest BCUT2D eigenvalue weighted by Gasteiger charge is -2.37. The number of nitrogens with zero attached hydrogens (tertiary/aromatic N) is 2. The van der Waals surface area contributed by atoms with E-state index in [1.54, 1.807) is 26.1 Å². The Balaban J connectivity index is 1.93. The molecule has 0 amide bonds. The number of hydrogen-bond acceptors (Lipinski definition) is 5. The van der Waals surface area contributed by atoms with Crippen molar-refractivity contribution < 1.29 is 23.0 Å². The fourth-order valence-electron chi connectivity index (χ4n) is 3.43. The van der Waals surface area contributed by atoms with Crippen molar-refractivity contribution in [2.75, 3.05) is 46.5 Å². The molecule has 0 radical (unpaired) electrons. The van der Waals surface area contributed by atoms with E-state index in [0.717, 1.165) is 38.4 Å². The second-order valence-corrected chi connectivity index (χ2v) is 7.36. The summed E-state index contributed by atoms with van der Waals surface area (Å²) in [5.74, 6) is 1.50. The molecule has 0 saturated carbocycles. The summed E-state index contributed by atoms with van der Waals surface area (Å²) in [5.41, 5.74) is 0.872. The first kappa shape index (κ1) is 24.1. The van der Waals surface area contributed by atoms with Crippen molar-refractivity contribution in [3.05, 3.63) is 23.8 Å². The fourth-order valence-corrected chi connectivity index (χ4v) is 3.43. The van der Waals surface area contributed by atoms with Crippen LogP contribution in [0.5, 0.6) is 11.5 Å². The molecule has 2 rings (SSSR count). The lowest BCUT2D eigenvalue weighted by Crippen LogP contribution is -2.52. The number of rotatable bonds is 10. The summed E-state index contributed by atoms with van der Waals surface area (Å²) in [6, 6.07) is 5.30. The van der Waals surface area contributed by atoms with Gasteiger partial charge in [0.25, 0.3) is 0 Å². The Kier molecular flexibility index (Phi) is 10.1. The largest absolute Gasteiger partial charge is 0.490 e. The van der Waals surface area contributed by atoms with E-state index in [0.29, 0.717) is 36.8 Å². The monoisotopic (exact) mass is 428 g/mol. The smallest absolute Gasteiger partial charge is 0.387 e. The number of morpholine rings is 1. The van der Waals surface area contributed by atoms with Gasteiger partial charge >= 0.3 is 6.61 Å². The zero-order valence-electron chi connectivity index (χ0n) is 18.3. The van der Waals surface area contributed by atoms with E-state index in [-0.39, 0.29) is 5.75 Å². The molecule has 9 heteroatoms. The van der Waals surface area contributed by atoms with Gasteiger partial charge in [-0.1, -0.05) is 19.9 Å². The first-order valence-electron chi connectivity index (χ1n) is 10.4. The number of halogens is 2. The molecule has 170 valence electrons. The maximum absolute atomic E-state index is 12.6. The zero-order chi connectivity index (χ0) is 21.9. The van der Waals surface area contributed by atoms with E-state index in [4.69, 9.17) is 9.47 Å². The molecule has 1 heterocycles. The topological polar surface area (TPSA) is 67.4 Å². The maximum atomic E-state index is 12.6. The Hall–Kier alpha value is -2.13. The minimum Gasteiger partial charge on any atom is -0.490 e. The highest BCUT2D eigenvalue weighted by Gasteiger charge is 2.23. The molecule has 0 spiro atoms. The predicted molar refractivity (Wildman–Crippen MR) is 113 cm³/mol. The number of hydrogen-bond donors (Lipinski definition) is 2. The van der Waals surface area contributed by atoms with Gasteiger partial charge in [0.1, 0.15) is 0 Å². The van der Waals surface area contributed by atoms with Crippen LogP contribution < -0.4 is 20.1 Å². The summed E-state index contributed by atoms with van der Waals surface area (Å²) in [6.45, 7) is 8.34. The predicted octanol–water partition coefficient (Wildman–Crippen LogP) is 2.71. The number of aliphatic imine (C=N–C) groups is 1. The SMILES string of the molecule is CCOc1cc(CNC(=NC)NCC(C(C)C)N2CCOCC2)ccc1OC(F)F. The van der Waals surface area contributed by atoms with E-state index in [9.17, 15) is 8.78 Å². The van der Waals surface area contributed by atoms with Crippen LogP contribution in [-0.2, 0) is 11.3 Å². The van der Waals surface area contributed by atoms with Crippen LogP contribution in [0.1, 0.15) is 26.3 Å². The summed E-state index contributed by atoms with van der Waals surface area (Å²) in [5, 5.41) is 6.66. The molecule has 0 aliphatic carbocycles. The molecule has 7 nitrogen and oxygen atoms in total. The van der Waals surface area contributed by atoms with Gasteiger partial charge in [0, 0.05) is 39.3 Å². The highest BCUT2D eigenvalue weighted by Crippen LogP contribution is 2.29. The van der Waals surface area contributed by atoms with E-state index >= 15 is 0 Å². The summed E-state index contributed by atoms with van der Waals surface area (Å²) >= 11 is 0. The van der Waals surface area contributed by atoms with Crippen molar-refractivity contribution in [3.8, 4) is 11.5 Å². The van der Waals surface area contributed by atoms with Gasteiger partial charge in [0.2, 0.25) is 0 Å². The molecule has 1 aliphatic heterocycles. The third-order valence-corrected chi connectivity index (χ3v) is 4.97. The van der Waals surface area contributed by atoms with Crippen molar-refractivity contribution in [1.29, 1.82) is 0 Å². The van der Waals surface area contributed by atoms with Crippen molar-refractivity contribution in [1.82, 2.24) is 15.5 Å². The lowest BCUT2D eigenvalue weighted by molar-refractivity contribution is -0.0514. The maximum Gasteiger partial charge on any atom is 0.387 e. The molecule has 1 saturated heterocycles. The van der Waals surface area contributed by atoms with Gasteiger partial charge in [-0.25, -0.2) is 0 Å². The first-order valence-corrected chi connectivity index (χ1v) is 10.4. The second kappa shape index (κ2) is 12.5. The molecule has 1 atom stereocenters. The first-order chi connectivity index (χ1) is 14.4. The van der Waals surface area contributed by atoms with Crippen LogP contribution in [0, 0.1) is 5.92 Å². The normalized spacial score (nSPS) is 16.6. The molecule has 1 aromatic rings. The number of nitrogens with one attached hydrogen (secondary N) is 2. The van der Waals surface area contributed by atoms with Crippen LogP contribution in [-0.4, -0.2) is 70.0 Å². The minimum atomic E-state index is -2.89. The Morgan fingerprint density at radius 3 is 2.53 bits per heavy atom. The number of benzene rings is 1. The van der Waals surface area contributed by atoms with Crippen molar-refractivity contribution in [2.45, 2.75) is 40.0 Å². The Morgan fingerprint density at radius 2 is 1.93 bits per heavy atom. The van der Waals surface area contributed by atoms with Crippen LogP contribution in [0.2, 0.25) is 0 Å². The van der Waals surface area contributed by atoms with E-state index in [1.165, 1.54) is 6.07 Å². The van der Waals surface area contributed by atoms with Crippen LogP contribution in [0.15, 0.2) is 23.2 Å². The standard InChI is InChI=1S/C21H34F2N4O3/c1-5-29-19-12-16(6-7-18(19)30-20(22)23)13-25-21(24-4)26-14-17(15(2)3)27-8-10-28-11-9-27/h6-7,12,15,17,20H,5,8-11,13-14H2,1-4H3,(H2,24,25,26). The fraction of sp³-hybridized carbons (Fsp3) is 0.667. The zero-order valence-corrected chi connectivity index (χ0v) is 18.3. The minimum absolute atomic E-state index is 0.0309. The van der Waals surface area contributed by atoms with E-state index < -0.39 is 6.61 Å². The van der Waals surface area contributed by atoms with Gasteiger partial charge in [0.05, 0.1) is 19.8 Å². The molecule has 1 fully saturated rings. The Labute approximate surface area is 177 Å². The van der Waals surface area contributed by atoms with Gasteiger partial charge < -0.3 is 24.8 Å². The van der Waals surface area contributed by atoms with Crippen LogP contribution in [0.3, 0.4) is 0 Å². The lowest BCUT2D eigenvalue weighted by atomic mass is 10.0. The van der Waals surface area contributed by atoms with Gasteiger partial charge in [-0.2, -0.15) is 8.78 Å². The van der Waals surface area contributed by atoms with Crippen LogP contribution >= 0.6 is 0 Å². The molecule has 0 aromatic heterocycles. The van der Waals surface area contributed by atoms with E-state index in [1.807, 2.05) is 0 Å². The average molecular weight is 429 g/mol. The number of ether oxygens (including phenoxy) is 3. The molecule has 1 unspecified atom stereocenters. The molecule has 2 N–H and O–H groups in total. The summed E-state index contributed by atoms with van der Waals surface area (Å²) < 4.78 is 40.5. The van der Waals surface area contributed by atoms with Crippen molar-refractivity contribution in [3.63, 3.8) is 0 Å². The van der Waals surface area contributed by atoms with Gasteiger partial charge in [0.15, 0.2) is 17.5 Å². The van der Waals surface area contributed by atoms with Gasteiger partial charge in [-0.3, -0.25) is 9.89 Å². The summed E-state index contributed by atoms with van der Waals surface area (Å²) in [4.78, 5) is 6.74. The molecule has 1 aliphatic rings. The highest BCUT2D eigenvalue weighted by molar-refractivity contribution is 5.79. The third kappa shape index (κ3) is 7.60. The van der Waals surface area contributed by atoms with E-state index in [2.05, 4.69) is 39.1 Å². The molecule has 1 aromatic carbocycles. The molecular formula is C21H34F2N4O3. The van der Waals surface area contributed by atoms with Gasteiger partial charge in [-0.15, -0.1) is 0 Å². The van der Waals surface area contributed by atoms with Crippen LogP contribution in [0.25, 0.3) is 0 Å². The van der Waals surface area contributed by atoms with Crippen molar-refractivity contribution in [2.24, 2.45) is 10.9 Å². The summed E-state index contributed by atoms with van der Waals surface area (Å²) in [6.07, 6.45) is 0. The number of alkyl halides is 2. The van der Waals surface area contributed by atoms with Gasteiger partial charge in [-0.05, 0) is 30.5 Å². The van der Waals surface area contributed by atoms with Crippen LogP contribution in [0.4, 0.5) is 8.78 Å². The molecular weight excluding hydrogens is 394 g/mol. The second-order valence-electron chi connectivity index (χ2n) is 7.36. The highest BCUT2D eigenvalue weighted by atomic mass is 19.3. The molecule has 30 heavy (non-hydrogen) atoms. The van der Waals surface area contributed by atoms with Crippen molar-refractivity contribution >= 4 is 5.96 Å². The number of guanidine groups is 1. The molecule has 0 bridgehead atoms. The average Bonchev–Trinajstić information content (AvgIpc) is 2.72. The summed E-state index contributed by atoms with van der Waals surface area (Å²) in [7, 11) is 1.72. The third-order valence-electron chi connectivity index (χ3n) is 4.97. The Morgan fingerprint density at radius 1 is 1.20 bits per heavy atom. The Bertz CT molecular complexity index is 668. The quantitative estimate of drug-likeness (QED) is 0.441.